The predicted octanol–water partition coefficient (Wildman–Crippen LogP) is -0.931. The second kappa shape index (κ2) is 5.80. The minimum Gasteiger partial charge on any atom is -0.356 e. The molecule has 1 fully saturated rings. The first-order valence-electron chi connectivity index (χ1n) is 6.19. The molecule has 1 rings (SSSR count). The van der Waals surface area contributed by atoms with Crippen molar-refractivity contribution >= 4 is 20.2 Å². The van der Waals surface area contributed by atoms with Gasteiger partial charge >= 0.3 is 0 Å². The van der Waals surface area contributed by atoms with Crippen LogP contribution in [0.4, 0.5) is 0 Å². The number of methoxy groups -OCH3 is 1. The Labute approximate surface area is 109 Å². The first kappa shape index (κ1) is 12.8. The molecule has 1 unspecified atom stereocenters. The molecule has 0 aliphatic carbocycles. The van der Waals surface area contributed by atoms with Crippen molar-refractivity contribution in [1.29, 1.82) is 0 Å². The van der Waals surface area contributed by atoms with Crippen molar-refractivity contribution in [2.45, 2.75) is 24.9 Å². The van der Waals surface area contributed by atoms with Crippen LogP contribution in [0.15, 0.2) is 0 Å². The molecule has 0 radical (unpaired) electrons. The monoisotopic (exact) mass is 306 g/mol. The van der Waals surface area contributed by atoms with E-state index in [0.717, 1.165) is 0 Å². The van der Waals surface area contributed by atoms with Crippen LogP contribution >= 0.6 is 0 Å². The van der Waals surface area contributed by atoms with Gasteiger partial charge in [0.05, 0.1) is 19.1 Å². The molecular weight excluding hydrogens is 288 g/mol. The van der Waals surface area contributed by atoms with Gasteiger partial charge in [-0.1, -0.05) is 0 Å². The Kier molecular flexibility index (Phi) is 4.11. The number of hydrogen-bond donors (Lipinski definition) is 0. The van der Waals surface area contributed by atoms with E-state index in [1.54, 1.807) is 0 Å². The fourth-order valence-corrected chi connectivity index (χ4v) is 2.36. The minimum atomic E-state index is -4.04. The number of ether oxygens (including phenoxy) is 2. The Morgan fingerprint density at radius 2 is 1.94 bits per heavy atom. The number of hydrogen-bond acceptors (Lipinski definition) is 8. The molecular formula is C8H16O8S2. The molecule has 8 nitrogen and oxygen atoms in total. The molecule has 0 amide bonds. The fourth-order valence-electron chi connectivity index (χ4n) is 1.44. The molecule has 0 saturated carbocycles. The standard InChI is InChI=1S/C8H16O8S2/c1-13-8-4-6(16-18(3,11)12)7(15-8)5-14-17(2,9)10/h6-8H,4-5H2,1-3H3/t6-,7+,8?/m0/s1/i2D,3D. The molecule has 1 aliphatic heterocycles. The molecule has 1 saturated heterocycles. The molecule has 10 heteroatoms. The highest BCUT2D eigenvalue weighted by atomic mass is 32.2. The number of rotatable bonds is 6. The molecule has 0 aromatic heterocycles. The summed E-state index contributed by atoms with van der Waals surface area (Å²) in [7, 11) is -6.70. The van der Waals surface area contributed by atoms with Crippen molar-refractivity contribution in [1.82, 2.24) is 0 Å². The smallest absolute Gasteiger partial charge is 0.264 e. The molecule has 1 heterocycles. The van der Waals surface area contributed by atoms with Gasteiger partial charge in [0.25, 0.3) is 20.2 Å². The van der Waals surface area contributed by atoms with Crippen LogP contribution in [0.1, 0.15) is 9.16 Å². The normalized spacial score (nSPS) is 31.1. The molecule has 0 aromatic carbocycles. The van der Waals surface area contributed by atoms with Crippen molar-refractivity contribution in [2.75, 3.05) is 26.2 Å². The summed E-state index contributed by atoms with van der Waals surface area (Å²) in [5, 5.41) is 0. The second-order valence-electron chi connectivity index (χ2n) is 3.61. The lowest BCUT2D eigenvalue weighted by molar-refractivity contribution is -0.123. The topological polar surface area (TPSA) is 105 Å². The molecule has 108 valence electrons. The van der Waals surface area contributed by atoms with Crippen LogP contribution < -0.4 is 0 Å². The van der Waals surface area contributed by atoms with Gasteiger partial charge in [-0.15, -0.1) is 0 Å². The van der Waals surface area contributed by atoms with E-state index in [9.17, 15) is 16.8 Å². The van der Waals surface area contributed by atoms with Crippen molar-refractivity contribution in [3.63, 3.8) is 0 Å². The zero-order chi connectivity index (χ0) is 15.4. The lowest BCUT2D eigenvalue weighted by Gasteiger charge is -2.16. The van der Waals surface area contributed by atoms with E-state index >= 15 is 0 Å². The van der Waals surface area contributed by atoms with Crippen molar-refractivity contribution in [2.24, 2.45) is 0 Å². The van der Waals surface area contributed by atoms with Gasteiger partial charge in [0.1, 0.15) is 12.2 Å². The van der Waals surface area contributed by atoms with Crippen molar-refractivity contribution in [3.8, 4) is 0 Å². The molecule has 0 bridgehead atoms. The van der Waals surface area contributed by atoms with E-state index in [2.05, 4.69) is 4.18 Å². The third-order valence-corrected chi connectivity index (χ3v) is 3.15. The van der Waals surface area contributed by atoms with E-state index in [-0.39, 0.29) is 6.42 Å². The van der Waals surface area contributed by atoms with Crippen LogP contribution in [0.5, 0.6) is 0 Å². The van der Waals surface area contributed by atoms with E-state index in [1.165, 1.54) is 7.11 Å². The quantitative estimate of drug-likeness (QED) is 0.579. The highest BCUT2D eigenvalue weighted by Gasteiger charge is 2.39. The van der Waals surface area contributed by atoms with Crippen LogP contribution in [-0.4, -0.2) is 61.5 Å². The van der Waals surface area contributed by atoms with E-state index < -0.39 is 57.8 Å². The maximum absolute atomic E-state index is 11.3. The Morgan fingerprint density at radius 1 is 1.28 bits per heavy atom. The van der Waals surface area contributed by atoms with Crippen LogP contribution in [0.3, 0.4) is 0 Å². The molecule has 0 N–H and O–H groups in total. The summed E-state index contributed by atoms with van der Waals surface area (Å²) in [6, 6.07) is 0. The van der Waals surface area contributed by atoms with Gasteiger partial charge in [0, 0.05) is 16.3 Å². The fraction of sp³-hybridized carbons (Fsp3) is 1.00. The zero-order valence-electron chi connectivity index (χ0n) is 11.6. The second-order valence-corrected chi connectivity index (χ2v) is 6.27. The maximum atomic E-state index is 11.3. The van der Waals surface area contributed by atoms with E-state index in [1.807, 2.05) is 0 Å². The summed E-state index contributed by atoms with van der Waals surface area (Å²) in [5.74, 6) is 0. The van der Waals surface area contributed by atoms with E-state index in [4.69, 9.17) is 16.4 Å². The Bertz CT molecular complexity index is 505. The van der Waals surface area contributed by atoms with Gasteiger partial charge in [-0.2, -0.15) is 16.8 Å². The van der Waals surface area contributed by atoms with Gasteiger partial charge < -0.3 is 9.47 Å². The van der Waals surface area contributed by atoms with Crippen LogP contribution in [0.25, 0.3) is 0 Å². The third-order valence-electron chi connectivity index (χ3n) is 2.11. The summed E-state index contributed by atoms with van der Waals surface area (Å²) in [4.78, 5) is 0. The average molecular weight is 306 g/mol. The van der Waals surface area contributed by atoms with Crippen LogP contribution in [0, 0.1) is 0 Å². The van der Waals surface area contributed by atoms with Gasteiger partial charge in [-0.25, -0.2) is 0 Å². The SMILES string of the molecule is [2H]CS(=O)(=O)OC[C@H]1OC(OC)C[C@@H]1OS(=O)(=O)C[2H]. The zero-order valence-corrected chi connectivity index (χ0v) is 11.3. The van der Waals surface area contributed by atoms with E-state index in [0.29, 0.717) is 0 Å². The van der Waals surface area contributed by atoms with Crippen LogP contribution in [-0.2, 0) is 38.1 Å². The Balaban J connectivity index is 2.70. The summed E-state index contributed by atoms with van der Waals surface area (Å²) in [6.45, 7) is -0.487. The van der Waals surface area contributed by atoms with Crippen molar-refractivity contribution in [3.05, 3.63) is 0 Å². The average Bonchev–Trinajstić information content (AvgIpc) is 2.78. The maximum Gasteiger partial charge on any atom is 0.264 e. The summed E-state index contributed by atoms with van der Waals surface area (Å²) in [6.07, 6.45) is -4.60. The summed E-state index contributed by atoms with van der Waals surface area (Å²) in [5.41, 5.74) is 0. The highest BCUT2D eigenvalue weighted by Crippen LogP contribution is 2.25. The highest BCUT2D eigenvalue weighted by molar-refractivity contribution is 7.86. The largest absolute Gasteiger partial charge is 0.356 e. The molecule has 0 spiro atoms. The first-order valence-corrected chi connectivity index (χ1v) is 7.93. The van der Waals surface area contributed by atoms with Crippen molar-refractivity contribution < 1.29 is 37.4 Å². The predicted molar refractivity (Wildman–Crippen MR) is 60.8 cm³/mol. The Morgan fingerprint density at radius 3 is 2.50 bits per heavy atom. The summed E-state index contributed by atoms with van der Waals surface area (Å²) >= 11 is 0. The first-order chi connectivity index (χ1) is 9.23. The molecule has 18 heavy (non-hydrogen) atoms. The molecule has 1 aliphatic rings. The summed E-state index contributed by atoms with van der Waals surface area (Å²) < 4.78 is 77.6. The minimum absolute atomic E-state index is 0.0602. The molecule has 0 aromatic rings. The van der Waals surface area contributed by atoms with Gasteiger partial charge in [-0.05, 0) is 0 Å². The van der Waals surface area contributed by atoms with Crippen LogP contribution in [0.2, 0.25) is 0 Å². The lowest BCUT2D eigenvalue weighted by atomic mass is 10.2. The lowest BCUT2D eigenvalue weighted by Crippen LogP contribution is -2.31. The Hall–Kier alpha value is -0.260. The molecule has 3 atom stereocenters. The van der Waals surface area contributed by atoms with Gasteiger partial charge in [-0.3, -0.25) is 8.37 Å². The van der Waals surface area contributed by atoms with Gasteiger partial charge in [0.2, 0.25) is 0 Å². The van der Waals surface area contributed by atoms with Gasteiger partial charge in [0.15, 0.2) is 6.29 Å². The third kappa shape index (κ3) is 5.59.